The number of hydrogen-bond acceptors (Lipinski definition) is 4. The Bertz CT molecular complexity index is 1040. The molecule has 0 unspecified atom stereocenters. The molecule has 0 aliphatic rings. The van der Waals surface area contributed by atoms with Crippen molar-refractivity contribution in [2.24, 2.45) is 7.05 Å². The molecule has 1 atom stereocenters. The number of aromatic nitrogens is 2. The van der Waals surface area contributed by atoms with E-state index in [4.69, 9.17) is 5.26 Å². The number of rotatable bonds is 7. The van der Waals surface area contributed by atoms with E-state index in [0.717, 1.165) is 16.8 Å². The predicted octanol–water partition coefficient (Wildman–Crippen LogP) is 2.07. The Labute approximate surface area is 169 Å². The molecule has 0 spiro atoms. The van der Waals surface area contributed by atoms with Gasteiger partial charge >= 0.3 is 0 Å². The van der Waals surface area contributed by atoms with E-state index in [0.29, 0.717) is 12.0 Å². The van der Waals surface area contributed by atoms with Crippen LogP contribution in [0.2, 0.25) is 0 Å². The Morgan fingerprint density at radius 2 is 1.93 bits per heavy atom. The van der Waals surface area contributed by atoms with E-state index < -0.39 is 11.9 Å². The molecule has 29 heavy (non-hydrogen) atoms. The molecule has 7 heteroatoms. The fraction of sp³-hybridized carbons (Fsp3) is 0.182. The topological polar surface area (TPSA) is 99.8 Å². The van der Waals surface area contributed by atoms with Gasteiger partial charge in [-0.3, -0.25) is 14.3 Å². The van der Waals surface area contributed by atoms with E-state index in [2.05, 4.69) is 15.7 Å². The van der Waals surface area contributed by atoms with E-state index in [-0.39, 0.29) is 12.5 Å². The highest BCUT2D eigenvalue weighted by atomic mass is 16.2. The fourth-order valence-electron chi connectivity index (χ4n) is 3.04. The summed E-state index contributed by atoms with van der Waals surface area (Å²) in [7, 11) is 1.86. The van der Waals surface area contributed by atoms with E-state index in [1.807, 2.05) is 49.5 Å². The summed E-state index contributed by atoms with van der Waals surface area (Å²) < 4.78 is 1.77. The molecule has 0 bridgehead atoms. The van der Waals surface area contributed by atoms with Gasteiger partial charge < -0.3 is 10.6 Å². The largest absolute Gasteiger partial charge is 0.341 e. The van der Waals surface area contributed by atoms with Gasteiger partial charge in [-0.25, -0.2) is 0 Å². The van der Waals surface area contributed by atoms with Gasteiger partial charge in [0.2, 0.25) is 5.91 Å². The molecule has 3 rings (SSSR count). The lowest BCUT2D eigenvalue weighted by Crippen LogP contribution is -2.48. The average Bonchev–Trinajstić information content (AvgIpc) is 3.18. The Hall–Kier alpha value is -3.92. The summed E-state index contributed by atoms with van der Waals surface area (Å²) in [5.74, 6) is -0.743. The molecule has 3 aromatic rings. The average molecular weight is 387 g/mol. The second kappa shape index (κ2) is 9.33. The molecule has 0 saturated heterocycles. The molecule has 2 amide bonds. The molecule has 0 saturated carbocycles. The van der Waals surface area contributed by atoms with Crippen LogP contribution in [0.15, 0.2) is 66.9 Å². The quantitative estimate of drug-likeness (QED) is 0.606. The number of aryl methyl sites for hydroxylation is 1. The maximum atomic E-state index is 12.6. The number of nitrogens with zero attached hydrogens (tertiary/aromatic N) is 3. The molecule has 0 aliphatic heterocycles. The Kier molecular flexibility index (Phi) is 6.38. The van der Waals surface area contributed by atoms with Crippen molar-refractivity contribution < 1.29 is 9.59 Å². The van der Waals surface area contributed by atoms with Crippen LogP contribution >= 0.6 is 0 Å². The number of benzene rings is 2. The third-order valence-corrected chi connectivity index (χ3v) is 4.48. The van der Waals surface area contributed by atoms with Crippen LogP contribution in [0, 0.1) is 11.3 Å². The minimum Gasteiger partial charge on any atom is -0.341 e. The lowest BCUT2D eigenvalue weighted by atomic mass is 10.0. The van der Waals surface area contributed by atoms with Crippen LogP contribution in [0.4, 0.5) is 0 Å². The van der Waals surface area contributed by atoms with Gasteiger partial charge in [0.05, 0.1) is 11.8 Å². The molecule has 146 valence electrons. The van der Waals surface area contributed by atoms with Gasteiger partial charge in [0.1, 0.15) is 12.6 Å². The number of nitrogens with one attached hydrogen (secondary N) is 2. The van der Waals surface area contributed by atoms with Crippen molar-refractivity contribution >= 4 is 11.8 Å². The summed E-state index contributed by atoms with van der Waals surface area (Å²) in [6.45, 7) is -0.119. The Morgan fingerprint density at radius 3 is 2.62 bits per heavy atom. The van der Waals surface area contributed by atoms with Crippen LogP contribution in [0.1, 0.15) is 15.9 Å². The van der Waals surface area contributed by atoms with Crippen molar-refractivity contribution in [2.45, 2.75) is 12.5 Å². The first-order chi connectivity index (χ1) is 14.1. The summed E-state index contributed by atoms with van der Waals surface area (Å²) in [6.07, 6.45) is 2.02. The summed E-state index contributed by atoms with van der Waals surface area (Å²) >= 11 is 0. The zero-order chi connectivity index (χ0) is 20.6. The van der Waals surface area contributed by atoms with Crippen molar-refractivity contribution in [3.8, 4) is 17.3 Å². The fourth-order valence-corrected chi connectivity index (χ4v) is 3.04. The number of amides is 2. The number of hydrogen-bond donors (Lipinski definition) is 2. The standard InChI is InChI=1S/C22H21N5O2/c1-27-20(10-12-25-27)18-9-5-6-16(14-18)15-19(22(29)24-13-11-23)26-21(28)17-7-3-2-4-8-17/h2-10,12,14,19H,13,15H2,1H3,(H,24,29)(H,26,28)/t19-/m0/s1. The molecule has 1 heterocycles. The second-order valence-electron chi connectivity index (χ2n) is 6.51. The van der Waals surface area contributed by atoms with Gasteiger partial charge in [-0.2, -0.15) is 10.4 Å². The van der Waals surface area contributed by atoms with Crippen molar-refractivity contribution in [1.29, 1.82) is 5.26 Å². The molecule has 2 N–H and O–H groups in total. The first-order valence-corrected chi connectivity index (χ1v) is 9.16. The van der Waals surface area contributed by atoms with Crippen LogP contribution < -0.4 is 10.6 Å². The first-order valence-electron chi connectivity index (χ1n) is 9.16. The van der Waals surface area contributed by atoms with Crippen molar-refractivity contribution in [1.82, 2.24) is 20.4 Å². The van der Waals surface area contributed by atoms with Crippen molar-refractivity contribution in [3.63, 3.8) is 0 Å². The van der Waals surface area contributed by atoms with Crippen molar-refractivity contribution in [3.05, 3.63) is 78.0 Å². The van der Waals surface area contributed by atoms with Gasteiger partial charge in [0.25, 0.3) is 5.91 Å². The zero-order valence-electron chi connectivity index (χ0n) is 16.0. The molecule has 0 aliphatic carbocycles. The predicted molar refractivity (Wildman–Crippen MR) is 109 cm³/mol. The smallest absolute Gasteiger partial charge is 0.251 e. The van der Waals surface area contributed by atoms with Crippen LogP contribution in [-0.2, 0) is 18.3 Å². The third-order valence-electron chi connectivity index (χ3n) is 4.48. The highest BCUT2D eigenvalue weighted by Gasteiger charge is 2.22. The van der Waals surface area contributed by atoms with Gasteiger partial charge in [-0.15, -0.1) is 0 Å². The summed E-state index contributed by atoms with van der Waals surface area (Å²) in [6, 6.07) is 19.4. The highest BCUT2D eigenvalue weighted by Crippen LogP contribution is 2.20. The summed E-state index contributed by atoms with van der Waals surface area (Å²) in [5, 5.41) is 18.2. The molecule has 1 aromatic heterocycles. The molecule has 7 nitrogen and oxygen atoms in total. The second-order valence-corrected chi connectivity index (χ2v) is 6.51. The van der Waals surface area contributed by atoms with Crippen LogP contribution in [0.3, 0.4) is 0 Å². The number of nitriles is 1. The van der Waals surface area contributed by atoms with Crippen LogP contribution in [0.25, 0.3) is 11.3 Å². The van der Waals surface area contributed by atoms with E-state index in [1.54, 1.807) is 35.1 Å². The van der Waals surface area contributed by atoms with Gasteiger partial charge in [0.15, 0.2) is 0 Å². The van der Waals surface area contributed by atoms with Crippen LogP contribution in [-0.4, -0.2) is 34.2 Å². The van der Waals surface area contributed by atoms with Crippen molar-refractivity contribution in [2.75, 3.05) is 6.54 Å². The molecular formula is C22H21N5O2. The third kappa shape index (κ3) is 5.08. The van der Waals surface area contributed by atoms with E-state index >= 15 is 0 Å². The van der Waals surface area contributed by atoms with E-state index in [9.17, 15) is 9.59 Å². The summed E-state index contributed by atoms with van der Waals surface area (Å²) in [4.78, 5) is 25.1. The minimum atomic E-state index is -0.808. The maximum Gasteiger partial charge on any atom is 0.251 e. The monoisotopic (exact) mass is 387 g/mol. The Balaban J connectivity index is 1.81. The number of carbonyl (C=O) groups excluding carboxylic acids is 2. The van der Waals surface area contributed by atoms with Gasteiger partial charge in [0, 0.05) is 30.8 Å². The SMILES string of the molecule is Cn1nccc1-c1cccc(C[C@H](NC(=O)c2ccccc2)C(=O)NCC#N)c1. The summed E-state index contributed by atoms with van der Waals surface area (Å²) in [5.41, 5.74) is 3.27. The first kappa shape index (κ1) is 19.8. The molecular weight excluding hydrogens is 366 g/mol. The maximum absolute atomic E-state index is 12.6. The van der Waals surface area contributed by atoms with Gasteiger partial charge in [-0.1, -0.05) is 36.4 Å². The van der Waals surface area contributed by atoms with Gasteiger partial charge in [-0.05, 0) is 29.8 Å². The molecule has 2 aromatic carbocycles. The highest BCUT2D eigenvalue weighted by molar-refractivity contribution is 5.97. The lowest BCUT2D eigenvalue weighted by Gasteiger charge is -2.18. The molecule has 0 fully saturated rings. The lowest BCUT2D eigenvalue weighted by molar-refractivity contribution is -0.122. The van der Waals surface area contributed by atoms with Crippen LogP contribution in [0.5, 0.6) is 0 Å². The van der Waals surface area contributed by atoms with E-state index in [1.165, 1.54) is 0 Å². The Morgan fingerprint density at radius 1 is 1.14 bits per heavy atom. The number of carbonyl (C=O) groups is 2. The minimum absolute atomic E-state index is 0.119. The normalized spacial score (nSPS) is 11.3. The zero-order valence-corrected chi connectivity index (χ0v) is 16.0. The molecule has 0 radical (unpaired) electrons.